The molecule has 2 N–H and O–H groups in total. The number of carbonyl (C=O) groups is 1. The number of aromatic amines is 1. The number of aliphatic carboxylic acids is 1. The summed E-state index contributed by atoms with van der Waals surface area (Å²) in [5, 5.41) is 16.6. The molecule has 0 aliphatic rings. The van der Waals surface area contributed by atoms with Crippen LogP contribution in [-0.4, -0.2) is 37.0 Å². The van der Waals surface area contributed by atoms with E-state index < -0.39 is 12.1 Å². The fourth-order valence-electron chi connectivity index (χ4n) is 3.59. The topological polar surface area (TPSA) is 83.8 Å². The van der Waals surface area contributed by atoms with Gasteiger partial charge < -0.3 is 9.67 Å². The first-order chi connectivity index (χ1) is 13.4. The molecule has 144 valence electrons. The van der Waals surface area contributed by atoms with Gasteiger partial charge in [-0.3, -0.25) is 5.10 Å². The maximum atomic E-state index is 14.2. The Labute approximate surface area is 158 Å². The van der Waals surface area contributed by atoms with E-state index in [0.29, 0.717) is 27.9 Å². The van der Waals surface area contributed by atoms with Crippen molar-refractivity contribution in [1.82, 2.24) is 19.7 Å². The zero-order chi connectivity index (χ0) is 20.0. The lowest BCUT2D eigenvalue weighted by molar-refractivity contribution is -0.142. The van der Waals surface area contributed by atoms with Crippen molar-refractivity contribution >= 4 is 28.0 Å². The fourth-order valence-corrected chi connectivity index (χ4v) is 3.59. The molecule has 1 atom stereocenters. The molecule has 0 unspecified atom stereocenters. The van der Waals surface area contributed by atoms with Gasteiger partial charge in [0, 0.05) is 28.8 Å². The van der Waals surface area contributed by atoms with Crippen LogP contribution in [0.5, 0.6) is 0 Å². The molecule has 3 heterocycles. The van der Waals surface area contributed by atoms with Crippen molar-refractivity contribution in [1.29, 1.82) is 0 Å². The van der Waals surface area contributed by atoms with Crippen molar-refractivity contribution in [3.05, 3.63) is 53.6 Å². The van der Waals surface area contributed by atoms with Gasteiger partial charge in [0.15, 0.2) is 5.65 Å². The average molecular weight is 384 g/mol. The van der Waals surface area contributed by atoms with Gasteiger partial charge in [0.25, 0.3) is 0 Å². The van der Waals surface area contributed by atoms with E-state index in [0.717, 1.165) is 11.1 Å². The first-order valence-corrected chi connectivity index (χ1v) is 8.87. The van der Waals surface area contributed by atoms with E-state index >= 15 is 0 Å². The highest BCUT2D eigenvalue weighted by Crippen LogP contribution is 2.35. The minimum absolute atomic E-state index is 0.0493. The number of hydrogen-bond donors (Lipinski definition) is 2. The Bertz CT molecular complexity index is 1180. The third-order valence-electron chi connectivity index (χ3n) is 4.77. The van der Waals surface area contributed by atoms with Crippen LogP contribution in [0, 0.1) is 5.82 Å². The van der Waals surface area contributed by atoms with Crippen LogP contribution in [0.1, 0.15) is 31.0 Å². The van der Waals surface area contributed by atoms with Crippen molar-refractivity contribution in [3.8, 4) is 5.69 Å². The minimum atomic E-state index is -2.05. The van der Waals surface area contributed by atoms with E-state index in [1.54, 1.807) is 18.3 Å². The number of nitrogens with zero attached hydrogens (tertiary/aromatic N) is 3. The van der Waals surface area contributed by atoms with Crippen LogP contribution >= 0.6 is 0 Å². The number of aromatic nitrogens is 4. The third-order valence-corrected chi connectivity index (χ3v) is 4.77. The number of carboxylic acids is 1. The quantitative estimate of drug-likeness (QED) is 0.542. The van der Waals surface area contributed by atoms with Gasteiger partial charge in [-0.05, 0) is 36.2 Å². The van der Waals surface area contributed by atoms with Gasteiger partial charge in [0.05, 0.1) is 17.2 Å². The van der Waals surface area contributed by atoms with Crippen molar-refractivity contribution in [2.24, 2.45) is 0 Å². The molecular weight excluding hydrogens is 366 g/mol. The lowest BCUT2D eigenvalue weighted by Gasteiger charge is -2.15. The molecule has 4 aromatic rings. The summed E-state index contributed by atoms with van der Waals surface area (Å²) in [5.74, 6) is -1.93. The van der Waals surface area contributed by atoms with Crippen LogP contribution < -0.4 is 0 Å². The molecule has 0 fully saturated rings. The largest absolute Gasteiger partial charge is 0.479 e. The molecule has 8 heteroatoms. The fraction of sp³-hybridized carbons (Fsp3) is 0.250. The molecule has 3 aromatic heterocycles. The molecule has 0 aliphatic carbocycles. The van der Waals surface area contributed by atoms with Gasteiger partial charge in [-0.2, -0.15) is 5.10 Å². The van der Waals surface area contributed by atoms with Gasteiger partial charge >= 0.3 is 5.97 Å². The first kappa shape index (κ1) is 18.1. The van der Waals surface area contributed by atoms with E-state index in [4.69, 9.17) is 5.11 Å². The first-order valence-electron chi connectivity index (χ1n) is 8.87. The number of carboxylic acid groups (broad SMARTS) is 1. The van der Waals surface area contributed by atoms with Gasteiger partial charge in [-0.25, -0.2) is 18.6 Å². The second-order valence-corrected chi connectivity index (χ2v) is 7.00. The number of nitrogens with one attached hydrogen (secondary N) is 1. The highest BCUT2D eigenvalue weighted by atomic mass is 19.1. The van der Waals surface area contributed by atoms with Gasteiger partial charge in [-0.15, -0.1) is 0 Å². The van der Waals surface area contributed by atoms with E-state index in [9.17, 15) is 13.6 Å². The molecule has 0 spiro atoms. The van der Waals surface area contributed by atoms with Crippen LogP contribution in [0.25, 0.3) is 27.8 Å². The molecule has 0 saturated heterocycles. The standard InChI is InChI=1S/C20H18F2N4O2/c1-10(2)18-14(8-15(22)20(27)28)17-16(7-11-9-23-25-19(11)24-17)26(18)13-5-3-12(21)4-6-13/h3-7,9-10,15H,8H2,1-2H3,(H,27,28)(H,23,24,25)/t15-/m0/s1. The van der Waals surface area contributed by atoms with Gasteiger partial charge in [0.1, 0.15) is 5.82 Å². The summed E-state index contributed by atoms with van der Waals surface area (Å²) in [7, 11) is 0. The molecule has 0 radical (unpaired) electrons. The predicted octanol–water partition coefficient (Wildman–Crippen LogP) is 4.13. The number of alkyl halides is 1. The summed E-state index contributed by atoms with van der Waals surface area (Å²) in [6.07, 6.45) is -0.725. The van der Waals surface area contributed by atoms with E-state index in [-0.39, 0.29) is 18.2 Å². The number of rotatable bonds is 5. The third kappa shape index (κ3) is 2.90. The van der Waals surface area contributed by atoms with Gasteiger partial charge in [0.2, 0.25) is 6.17 Å². The van der Waals surface area contributed by atoms with E-state index in [1.165, 1.54) is 12.1 Å². The molecule has 0 saturated carbocycles. The number of halogens is 2. The summed E-state index contributed by atoms with van der Waals surface area (Å²) < 4.78 is 29.5. The SMILES string of the molecule is CC(C)c1c(C[C@H](F)C(=O)O)c2nc3[nH]ncc3cc2n1-c1ccc(F)cc1. The zero-order valence-electron chi connectivity index (χ0n) is 15.3. The molecule has 28 heavy (non-hydrogen) atoms. The minimum Gasteiger partial charge on any atom is -0.479 e. The Morgan fingerprint density at radius 2 is 2.00 bits per heavy atom. The maximum absolute atomic E-state index is 14.2. The number of benzene rings is 1. The van der Waals surface area contributed by atoms with Crippen LogP contribution in [0.2, 0.25) is 0 Å². The number of hydrogen-bond acceptors (Lipinski definition) is 3. The summed E-state index contributed by atoms with van der Waals surface area (Å²) in [4.78, 5) is 15.7. The Morgan fingerprint density at radius 3 is 2.64 bits per heavy atom. The summed E-state index contributed by atoms with van der Waals surface area (Å²) in [6.45, 7) is 3.89. The average Bonchev–Trinajstić information content (AvgIpc) is 3.23. The second-order valence-electron chi connectivity index (χ2n) is 7.00. The van der Waals surface area contributed by atoms with Crippen LogP contribution in [0.3, 0.4) is 0 Å². The highest BCUT2D eigenvalue weighted by Gasteiger charge is 2.27. The van der Waals surface area contributed by atoms with Crippen molar-refractivity contribution in [2.75, 3.05) is 0 Å². The summed E-state index contributed by atoms with van der Waals surface area (Å²) >= 11 is 0. The number of fused-ring (bicyclic) bond motifs is 2. The zero-order valence-corrected chi connectivity index (χ0v) is 15.3. The van der Waals surface area contributed by atoms with Crippen LogP contribution in [0.4, 0.5) is 8.78 Å². The predicted molar refractivity (Wildman–Crippen MR) is 101 cm³/mol. The van der Waals surface area contributed by atoms with Crippen molar-refractivity contribution in [3.63, 3.8) is 0 Å². The second kappa shape index (κ2) is 6.70. The Balaban J connectivity index is 2.08. The summed E-state index contributed by atoms with van der Waals surface area (Å²) in [6, 6.07) is 7.84. The Kier molecular flexibility index (Phi) is 4.33. The van der Waals surface area contributed by atoms with Gasteiger partial charge in [-0.1, -0.05) is 13.8 Å². The van der Waals surface area contributed by atoms with Crippen LogP contribution in [-0.2, 0) is 11.2 Å². The lowest BCUT2D eigenvalue weighted by Crippen LogP contribution is -2.18. The molecule has 0 bridgehead atoms. The maximum Gasteiger partial charge on any atom is 0.338 e. The molecule has 0 aliphatic heterocycles. The Hall–Kier alpha value is -3.29. The van der Waals surface area contributed by atoms with Crippen molar-refractivity contribution < 1.29 is 18.7 Å². The molecule has 1 aromatic carbocycles. The summed E-state index contributed by atoms with van der Waals surface area (Å²) in [5.41, 5.74) is 3.70. The van der Waals surface area contributed by atoms with Crippen molar-refractivity contribution in [2.45, 2.75) is 32.4 Å². The molecular formula is C20H18F2N4O2. The van der Waals surface area contributed by atoms with E-state index in [2.05, 4.69) is 15.2 Å². The smallest absolute Gasteiger partial charge is 0.338 e. The monoisotopic (exact) mass is 384 g/mol. The highest BCUT2D eigenvalue weighted by molar-refractivity contribution is 5.93. The number of H-pyrrole nitrogens is 1. The lowest BCUT2D eigenvalue weighted by atomic mass is 10.0. The van der Waals surface area contributed by atoms with E-state index in [1.807, 2.05) is 24.5 Å². The molecule has 6 nitrogen and oxygen atoms in total. The number of pyridine rings is 1. The Morgan fingerprint density at radius 1 is 1.29 bits per heavy atom. The molecule has 4 rings (SSSR count). The molecule has 0 amide bonds. The normalized spacial score (nSPS) is 12.9. The van der Waals surface area contributed by atoms with Crippen LogP contribution in [0.15, 0.2) is 36.5 Å².